The maximum absolute atomic E-state index is 12.4. The number of fused-ring (bicyclic) bond motifs is 1. The summed E-state index contributed by atoms with van der Waals surface area (Å²) in [5.74, 6) is 1.14. The summed E-state index contributed by atoms with van der Waals surface area (Å²) >= 11 is 3.35. The molecule has 0 aromatic heterocycles. The van der Waals surface area contributed by atoms with E-state index in [4.69, 9.17) is 9.47 Å². The zero-order valence-electron chi connectivity index (χ0n) is 11.1. The molecule has 0 radical (unpaired) electrons. The molecule has 2 aromatic rings. The van der Waals surface area contributed by atoms with Gasteiger partial charge in [0.25, 0.3) is 10.0 Å². The smallest absolute Gasteiger partial charge is 0.261 e. The van der Waals surface area contributed by atoms with Gasteiger partial charge in [-0.25, -0.2) is 8.42 Å². The number of benzene rings is 2. The number of anilines is 1. The van der Waals surface area contributed by atoms with Crippen molar-refractivity contribution in [1.82, 2.24) is 0 Å². The first kappa shape index (κ1) is 14.2. The predicted molar refractivity (Wildman–Crippen MR) is 82.3 cm³/mol. The highest BCUT2D eigenvalue weighted by Gasteiger charge is 2.18. The Bertz CT molecular complexity index is 805. The number of aryl methyl sites for hydroxylation is 1. The van der Waals surface area contributed by atoms with E-state index in [0.717, 1.165) is 10.0 Å². The fraction of sp³-hybridized carbons (Fsp3) is 0.143. The van der Waals surface area contributed by atoms with Crippen LogP contribution < -0.4 is 14.2 Å². The van der Waals surface area contributed by atoms with Crippen LogP contribution >= 0.6 is 15.9 Å². The molecule has 1 N–H and O–H groups in total. The Balaban J connectivity index is 1.90. The van der Waals surface area contributed by atoms with Crippen LogP contribution in [0, 0.1) is 6.92 Å². The van der Waals surface area contributed by atoms with Crippen molar-refractivity contribution in [3.63, 3.8) is 0 Å². The third-order valence-electron chi connectivity index (χ3n) is 3.06. The first-order valence-corrected chi connectivity index (χ1v) is 8.42. The fourth-order valence-electron chi connectivity index (χ4n) is 1.96. The molecule has 0 aliphatic carbocycles. The molecule has 0 spiro atoms. The van der Waals surface area contributed by atoms with E-state index in [1.165, 1.54) is 0 Å². The second-order valence-electron chi connectivity index (χ2n) is 4.58. The maximum atomic E-state index is 12.4. The van der Waals surface area contributed by atoms with Crippen molar-refractivity contribution < 1.29 is 17.9 Å². The summed E-state index contributed by atoms with van der Waals surface area (Å²) in [5.41, 5.74) is 1.28. The standard InChI is InChI=1S/C14H12BrNO4S/c1-9-6-11(3-4-12(9)15)21(17,18)16-10-2-5-13-14(7-10)20-8-19-13/h2-7,16H,8H2,1H3. The van der Waals surface area contributed by atoms with Gasteiger partial charge in [0.05, 0.1) is 10.6 Å². The van der Waals surface area contributed by atoms with E-state index in [0.29, 0.717) is 17.2 Å². The highest BCUT2D eigenvalue weighted by molar-refractivity contribution is 9.10. The van der Waals surface area contributed by atoms with Crippen molar-refractivity contribution in [3.05, 3.63) is 46.4 Å². The van der Waals surface area contributed by atoms with Crippen LogP contribution in [0.3, 0.4) is 0 Å². The minimum Gasteiger partial charge on any atom is -0.454 e. The third kappa shape index (κ3) is 2.84. The highest BCUT2D eigenvalue weighted by atomic mass is 79.9. The predicted octanol–water partition coefficient (Wildman–Crippen LogP) is 3.29. The average molecular weight is 370 g/mol. The molecule has 1 aliphatic rings. The Labute approximate surface area is 131 Å². The van der Waals surface area contributed by atoms with Crippen LogP contribution in [0.1, 0.15) is 5.56 Å². The van der Waals surface area contributed by atoms with Gasteiger partial charge >= 0.3 is 0 Å². The molecular weight excluding hydrogens is 358 g/mol. The van der Waals surface area contributed by atoms with Crippen molar-refractivity contribution in [1.29, 1.82) is 0 Å². The van der Waals surface area contributed by atoms with Crippen LogP contribution in [0.25, 0.3) is 0 Å². The summed E-state index contributed by atoms with van der Waals surface area (Å²) in [7, 11) is -3.64. The van der Waals surface area contributed by atoms with Crippen molar-refractivity contribution in [3.8, 4) is 11.5 Å². The van der Waals surface area contributed by atoms with E-state index in [9.17, 15) is 8.42 Å². The number of hydrogen-bond acceptors (Lipinski definition) is 4. The summed E-state index contributed by atoms with van der Waals surface area (Å²) in [6.45, 7) is 1.99. The molecule has 0 unspecified atom stereocenters. The molecule has 0 atom stereocenters. The van der Waals surface area contributed by atoms with Gasteiger partial charge in [-0.3, -0.25) is 4.72 Å². The third-order valence-corrected chi connectivity index (χ3v) is 5.33. The van der Waals surface area contributed by atoms with E-state index in [1.54, 1.807) is 36.4 Å². The van der Waals surface area contributed by atoms with Gasteiger partial charge < -0.3 is 9.47 Å². The molecule has 0 amide bonds. The molecule has 110 valence electrons. The van der Waals surface area contributed by atoms with Crippen molar-refractivity contribution in [2.75, 3.05) is 11.5 Å². The lowest BCUT2D eigenvalue weighted by Gasteiger charge is -2.10. The first-order chi connectivity index (χ1) is 9.95. The molecule has 0 saturated carbocycles. The molecule has 1 aliphatic heterocycles. The van der Waals surface area contributed by atoms with Crippen LogP contribution in [0.2, 0.25) is 0 Å². The molecule has 1 heterocycles. The second-order valence-corrected chi connectivity index (χ2v) is 7.12. The molecule has 0 fully saturated rings. The first-order valence-electron chi connectivity index (χ1n) is 6.14. The lowest BCUT2D eigenvalue weighted by atomic mass is 10.2. The van der Waals surface area contributed by atoms with E-state index in [-0.39, 0.29) is 11.7 Å². The number of halogens is 1. The van der Waals surface area contributed by atoms with Gasteiger partial charge in [0, 0.05) is 10.5 Å². The molecule has 21 heavy (non-hydrogen) atoms. The van der Waals surface area contributed by atoms with Gasteiger partial charge in [-0.1, -0.05) is 15.9 Å². The topological polar surface area (TPSA) is 64.6 Å². The van der Waals surface area contributed by atoms with Crippen molar-refractivity contribution >= 4 is 31.6 Å². The number of nitrogens with one attached hydrogen (secondary N) is 1. The van der Waals surface area contributed by atoms with Crippen LogP contribution in [0.4, 0.5) is 5.69 Å². The molecule has 2 aromatic carbocycles. The average Bonchev–Trinajstić information content (AvgIpc) is 2.88. The van der Waals surface area contributed by atoms with Crippen LogP contribution in [0.5, 0.6) is 11.5 Å². The van der Waals surface area contributed by atoms with Gasteiger partial charge in [0.1, 0.15) is 0 Å². The summed E-state index contributed by atoms with van der Waals surface area (Å²) in [4.78, 5) is 0.209. The van der Waals surface area contributed by atoms with Gasteiger partial charge in [0.2, 0.25) is 6.79 Å². The Morgan fingerprint density at radius 2 is 1.86 bits per heavy atom. The van der Waals surface area contributed by atoms with E-state index >= 15 is 0 Å². The lowest BCUT2D eigenvalue weighted by molar-refractivity contribution is 0.174. The number of ether oxygens (including phenoxy) is 2. The summed E-state index contributed by atoms with van der Waals surface area (Å²) in [5, 5.41) is 0. The Morgan fingerprint density at radius 1 is 1.10 bits per heavy atom. The normalized spacial score (nSPS) is 13.2. The molecular formula is C14H12BrNO4S. The number of rotatable bonds is 3. The van der Waals surface area contributed by atoms with Gasteiger partial charge in [-0.15, -0.1) is 0 Å². The van der Waals surface area contributed by atoms with E-state index in [2.05, 4.69) is 20.7 Å². The molecule has 5 nitrogen and oxygen atoms in total. The monoisotopic (exact) mass is 369 g/mol. The minimum atomic E-state index is -3.64. The van der Waals surface area contributed by atoms with Crippen LogP contribution in [0.15, 0.2) is 45.8 Å². The van der Waals surface area contributed by atoms with Gasteiger partial charge in [0.15, 0.2) is 11.5 Å². The quantitative estimate of drug-likeness (QED) is 0.901. The Kier molecular flexibility index (Phi) is 3.54. The zero-order valence-corrected chi connectivity index (χ0v) is 13.5. The number of sulfonamides is 1. The Hall–Kier alpha value is -1.73. The zero-order chi connectivity index (χ0) is 15.0. The molecule has 7 heteroatoms. The van der Waals surface area contributed by atoms with E-state index < -0.39 is 10.0 Å². The minimum absolute atomic E-state index is 0.150. The van der Waals surface area contributed by atoms with Crippen LogP contribution in [-0.2, 0) is 10.0 Å². The van der Waals surface area contributed by atoms with Gasteiger partial charge in [-0.05, 0) is 42.8 Å². The number of hydrogen-bond donors (Lipinski definition) is 1. The van der Waals surface area contributed by atoms with Crippen molar-refractivity contribution in [2.24, 2.45) is 0 Å². The molecule has 0 saturated heterocycles. The van der Waals surface area contributed by atoms with Crippen LogP contribution in [-0.4, -0.2) is 15.2 Å². The largest absolute Gasteiger partial charge is 0.454 e. The van der Waals surface area contributed by atoms with E-state index in [1.807, 2.05) is 6.92 Å². The maximum Gasteiger partial charge on any atom is 0.261 e. The summed E-state index contributed by atoms with van der Waals surface area (Å²) < 4.78 is 38.6. The van der Waals surface area contributed by atoms with Crippen molar-refractivity contribution in [2.45, 2.75) is 11.8 Å². The highest BCUT2D eigenvalue weighted by Crippen LogP contribution is 2.34. The second kappa shape index (κ2) is 5.23. The molecule has 3 rings (SSSR count). The SMILES string of the molecule is Cc1cc(S(=O)(=O)Nc2ccc3c(c2)OCO3)ccc1Br. The summed E-state index contributed by atoms with van der Waals surface area (Å²) in [6, 6.07) is 9.78. The summed E-state index contributed by atoms with van der Waals surface area (Å²) in [6.07, 6.45) is 0. The lowest BCUT2D eigenvalue weighted by Crippen LogP contribution is -2.13. The van der Waals surface area contributed by atoms with Gasteiger partial charge in [-0.2, -0.15) is 0 Å². The Morgan fingerprint density at radius 3 is 2.62 bits per heavy atom. The molecule has 0 bridgehead atoms. The fourth-order valence-corrected chi connectivity index (χ4v) is 3.34.